The third-order valence-corrected chi connectivity index (χ3v) is 4.29. The van der Waals surface area contributed by atoms with Crippen LogP contribution >= 0.6 is 15.9 Å². The van der Waals surface area contributed by atoms with Crippen molar-refractivity contribution in [2.24, 2.45) is 5.92 Å². The van der Waals surface area contributed by atoms with Crippen LogP contribution in [0.1, 0.15) is 25.8 Å². The first-order valence-corrected chi connectivity index (χ1v) is 7.70. The molecule has 1 aromatic rings. The molecule has 1 atom stereocenters. The number of rotatable bonds is 4. The predicted octanol–water partition coefficient (Wildman–Crippen LogP) is 3.72. The van der Waals surface area contributed by atoms with Crippen LogP contribution in [0, 0.1) is 18.7 Å². The Labute approximate surface area is 123 Å². The Hall–Kier alpha value is -0.610. The minimum absolute atomic E-state index is 0.182. The van der Waals surface area contributed by atoms with E-state index in [2.05, 4.69) is 40.0 Å². The van der Waals surface area contributed by atoms with Gasteiger partial charge in [0.1, 0.15) is 5.82 Å². The minimum atomic E-state index is -0.182. The summed E-state index contributed by atoms with van der Waals surface area (Å²) in [5.74, 6) is 0.504. The molecule has 4 heteroatoms. The summed E-state index contributed by atoms with van der Waals surface area (Å²) in [5, 5.41) is 3.50. The molecule has 1 N–H and O–H groups in total. The van der Waals surface area contributed by atoms with Crippen LogP contribution in [0.25, 0.3) is 0 Å². The Kier molecular flexibility index (Phi) is 4.85. The van der Waals surface area contributed by atoms with Gasteiger partial charge in [0.2, 0.25) is 0 Å². The Balaban J connectivity index is 2.02. The summed E-state index contributed by atoms with van der Waals surface area (Å²) in [5.41, 5.74) is 2.17. The van der Waals surface area contributed by atoms with Crippen LogP contribution in [0.5, 0.6) is 0 Å². The predicted molar refractivity (Wildman–Crippen MR) is 82.3 cm³/mol. The summed E-state index contributed by atoms with van der Waals surface area (Å²) in [6.45, 7) is 9.50. The molecule has 1 aromatic carbocycles. The van der Waals surface area contributed by atoms with Crippen molar-refractivity contribution in [3.05, 3.63) is 28.0 Å². The van der Waals surface area contributed by atoms with Gasteiger partial charge in [0.15, 0.2) is 0 Å². The van der Waals surface area contributed by atoms with Crippen LogP contribution in [-0.4, -0.2) is 25.7 Å². The Morgan fingerprint density at radius 3 is 2.89 bits per heavy atom. The molecule has 2 rings (SSSR count). The molecule has 0 aromatic heterocycles. The lowest BCUT2D eigenvalue weighted by Crippen LogP contribution is -2.30. The standard InChI is InChI=1S/C15H22BrFN2/c1-10(2)18-8-12-4-5-19(9-12)15-7-13(16)14(17)6-11(15)3/h6-7,10,12,18H,4-5,8-9H2,1-3H3. The van der Waals surface area contributed by atoms with E-state index in [1.807, 2.05) is 13.0 Å². The van der Waals surface area contributed by atoms with Gasteiger partial charge in [-0.1, -0.05) is 13.8 Å². The topological polar surface area (TPSA) is 15.3 Å². The van der Waals surface area contributed by atoms with Gasteiger partial charge in [0.05, 0.1) is 4.47 Å². The highest BCUT2D eigenvalue weighted by Gasteiger charge is 2.24. The molecule has 2 nitrogen and oxygen atoms in total. The first-order chi connectivity index (χ1) is 8.97. The number of benzene rings is 1. The molecule has 1 aliphatic heterocycles. The van der Waals surface area contributed by atoms with E-state index in [1.54, 1.807) is 6.07 Å². The van der Waals surface area contributed by atoms with E-state index < -0.39 is 0 Å². The number of aryl methyl sites for hydroxylation is 1. The third-order valence-electron chi connectivity index (χ3n) is 3.68. The van der Waals surface area contributed by atoms with Crippen molar-refractivity contribution in [1.82, 2.24) is 5.32 Å². The molecule has 0 spiro atoms. The van der Waals surface area contributed by atoms with Gasteiger partial charge in [-0.05, 0) is 59.4 Å². The average Bonchev–Trinajstić information content (AvgIpc) is 2.80. The summed E-state index contributed by atoms with van der Waals surface area (Å²) >= 11 is 3.28. The van der Waals surface area contributed by atoms with Crippen molar-refractivity contribution in [3.8, 4) is 0 Å². The largest absolute Gasteiger partial charge is 0.371 e. The lowest BCUT2D eigenvalue weighted by Gasteiger charge is -2.22. The van der Waals surface area contributed by atoms with Crippen molar-refractivity contribution >= 4 is 21.6 Å². The Morgan fingerprint density at radius 2 is 2.21 bits per heavy atom. The maximum atomic E-state index is 13.5. The molecule has 0 bridgehead atoms. The zero-order valence-corrected chi connectivity index (χ0v) is 13.4. The van der Waals surface area contributed by atoms with E-state index in [9.17, 15) is 4.39 Å². The summed E-state index contributed by atoms with van der Waals surface area (Å²) in [7, 11) is 0. The van der Waals surface area contributed by atoms with Gasteiger partial charge in [-0.2, -0.15) is 0 Å². The lowest BCUT2D eigenvalue weighted by atomic mass is 10.1. The van der Waals surface area contributed by atoms with Crippen LogP contribution in [0.4, 0.5) is 10.1 Å². The molecule has 1 heterocycles. The molecule has 0 saturated carbocycles. The Morgan fingerprint density at radius 1 is 1.47 bits per heavy atom. The van der Waals surface area contributed by atoms with Gasteiger partial charge >= 0.3 is 0 Å². The molecular weight excluding hydrogens is 307 g/mol. The van der Waals surface area contributed by atoms with Gasteiger partial charge in [0, 0.05) is 24.8 Å². The first-order valence-electron chi connectivity index (χ1n) is 6.91. The summed E-state index contributed by atoms with van der Waals surface area (Å²) < 4.78 is 14.0. The first kappa shape index (κ1) is 14.8. The molecule has 1 aliphatic rings. The van der Waals surface area contributed by atoms with E-state index in [0.717, 1.165) is 30.9 Å². The van der Waals surface area contributed by atoms with Crippen molar-refractivity contribution in [3.63, 3.8) is 0 Å². The molecule has 1 saturated heterocycles. The van der Waals surface area contributed by atoms with Gasteiger partial charge in [-0.25, -0.2) is 4.39 Å². The van der Waals surface area contributed by atoms with Gasteiger partial charge < -0.3 is 10.2 Å². The SMILES string of the molecule is Cc1cc(F)c(Br)cc1N1CCC(CNC(C)C)C1. The van der Waals surface area contributed by atoms with E-state index in [4.69, 9.17) is 0 Å². The van der Waals surface area contributed by atoms with Crippen LogP contribution in [0.2, 0.25) is 0 Å². The van der Waals surface area contributed by atoms with Crippen molar-refractivity contribution in [2.75, 3.05) is 24.5 Å². The number of hydrogen-bond donors (Lipinski definition) is 1. The van der Waals surface area contributed by atoms with Crippen LogP contribution in [-0.2, 0) is 0 Å². The zero-order chi connectivity index (χ0) is 14.0. The summed E-state index contributed by atoms with van der Waals surface area (Å²) in [4.78, 5) is 2.37. The second-order valence-corrected chi connectivity index (χ2v) is 6.57. The average molecular weight is 329 g/mol. The zero-order valence-electron chi connectivity index (χ0n) is 11.8. The molecule has 106 valence electrons. The number of nitrogens with zero attached hydrogens (tertiary/aromatic N) is 1. The highest BCUT2D eigenvalue weighted by atomic mass is 79.9. The summed E-state index contributed by atoms with van der Waals surface area (Å²) in [6, 6.07) is 4.05. The summed E-state index contributed by atoms with van der Waals surface area (Å²) in [6.07, 6.45) is 1.20. The molecule has 0 aliphatic carbocycles. The van der Waals surface area contributed by atoms with Crippen LogP contribution < -0.4 is 10.2 Å². The molecule has 0 amide bonds. The smallest absolute Gasteiger partial charge is 0.137 e. The highest BCUT2D eigenvalue weighted by Crippen LogP contribution is 2.30. The molecular formula is C15H22BrFN2. The second kappa shape index (κ2) is 6.23. The van der Waals surface area contributed by atoms with E-state index in [-0.39, 0.29) is 5.82 Å². The number of hydrogen-bond acceptors (Lipinski definition) is 2. The van der Waals surface area contributed by atoms with Gasteiger partial charge in [0.25, 0.3) is 0 Å². The van der Waals surface area contributed by atoms with Crippen molar-refractivity contribution < 1.29 is 4.39 Å². The minimum Gasteiger partial charge on any atom is -0.371 e. The van der Waals surface area contributed by atoms with Crippen molar-refractivity contribution in [2.45, 2.75) is 33.2 Å². The fourth-order valence-corrected chi connectivity index (χ4v) is 2.93. The maximum absolute atomic E-state index is 13.5. The molecule has 1 unspecified atom stereocenters. The fourth-order valence-electron chi connectivity index (χ4n) is 2.60. The highest BCUT2D eigenvalue weighted by molar-refractivity contribution is 9.10. The van der Waals surface area contributed by atoms with Crippen LogP contribution in [0.3, 0.4) is 0 Å². The number of anilines is 1. The quantitative estimate of drug-likeness (QED) is 0.906. The van der Waals surface area contributed by atoms with Crippen molar-refractivity contribution in [1.29, 1.82) is 0 Å². The van der Waals surface area contributed by atoms with E-state index >= 15 is 0 Å². The number of halogens is 2. The Bertz CT molecular complexity index is 448. The van der Waals surface area contributed by atoms with Crippen LogP contribution in [0.15, 0.2) is 16.6 Å². The maximum Gasteiger partial charge on any atom is 0.137 e. The molecule has 1 fully saturated rings. The number of nitrogens with one attached hydrogen (secondary N) is 1. The lowest BCUT2D eigenvalue weighted by molar-refractivity contribution is 0.480. The van der Waals surface area contributed by atoms with Gasteiger partial charge in [-0.15, -0.1) is 0 Å². The van der Waals surface area contributed by atoms with E-state index in [0.29, 0.717) is 16.4 Å². The van der Waals surface area contributed by atoms with E-state index in [1.165, 1.54) is 6.42 Å². The fraction of sp³-hybridized carbons (Fsp3) is 0.600. The monoisotopic (exact) mass is 328 g/mol. The second-order valence-electron chi connectivity index (χ2n) is 5.72. The molecule has 0 radical (unpaired) electrons. The van der Waals surface area contributed by atoms with Gasteiger partial charge in [-0.3, -0.25) is 0 Å². The normalized spacial score (nSPS) is 19.5. The molecule has 19 heavy (non-hydrogen) atoms. The third kappa shape index (κ3) is 3.69.